The van der Waals surface area contributed by atoms with E-state index in [9.17, 15) is 14.0 Å². The zero-order valence-corrected chi connectivity index (χ0v) is 15.0. The smallest absolute Gasteiger partial charge is 0.235 e. The van der Waals surface area contributed by atoms with Gasteiger partial charge in [-0.1, -0.05) is 6.07 Å². The molecule has 1 heterocycles. The minimum Gasteiger partial charge on any atom is -0.310 e. The number of nitrogens with one attached hydrogen (secondary N) is 1. The number of carbonyl (C=O) groups excluding carboxylic acids is 2. The summed E-state index contributed by atoms with van der Waals surface area (Å²) in [4.78, 5) is 23.8. The molecule has 0 radical (unpaired) electrons. The lowest BCUT2D eigenvalue weighted by Gasteiger charge is -2.15. The molecule has 0 spiro atoms. The molecule has 2 aromatic rings. The van der Waals surface area contributed by atoms with Crippen LogP contribution in [0.25, 0.3) is 0 Å². The summed E-state index contributed by atoms with van der Waals surface area (Å²) < 4.78 is 15.8. The van der Waals surface area contributed by atoms with Crippen molar-refractivity contribution in [3.8, 4) is 0 Å². The summed E-state index contributed by atoms with van der Waals surface area (Å²) in [7, 11) is 0. The van der Waals surface area contributed by atoms with Crippen LogP contribution in [0.3, 0.4) is 0 Å². The van der Waals surface area contributed by atoms with Crippen molar-refractivity contribution in [3.63, 3.8) is 0 Å². The normalized spacial score (nSPS) is 15.0. The van der Waals surface area contributed by atoms with E-state index < -0.39 is 5.82 Å². The van der Waals surface area contributed by atoms with Crippen LogP contribution in [0.5, 0.6) is 0 Å². The molecular formula is C18H20FN3O2S. The molecule has 1 unspecified atom stereocenters. The maximum absolute atomic E-state index is 14.0. The molecule has 1 aliphatic rings. The highest BCUT2D eigenvalue weighted by Crippen LogP contribution is 2.40. The number of Topliss-reactive ketones (excluding diaryl/α,β-unsaturated/α-hetero) is 1. The average molecular weight is 361 g/mol. The van der Waals surface area contributed by atoms with Gasteiger partial charge in [0.1, 0.15) is 11.6 Å². The van der Waals surface area contributed by atoms with Gasteiger partial charge in [-0.15, -0.1) is 11.8 Å². The van der Waals surface area contributed by atoms with E-state index in [1.54, 1.807) is 18.3 Å². The Morgan fingerprint density at radius 1 is 1.40 bits per heavy atom. The Kier molecular flexibility index (Phi) is 5.22. The van der Waals surface area contributed by atoms with Gasteiger partial charge in [-0.2, -0.15) is 5.10 Å². The Morgan fingerprint density at radius 3 is 2.80 bits per heavy atom. The van der Waals surface area contributed by atoms with E-state index in [1.807, 2.05) is 4.68 Å². The Bertz CT molecular complexity index is 801. The molecule has 25 heavy (non-hydrogen) atoms. The fourth-order valence-electron chi connectivity index (χ4n) is 2.68. The van der Waals surface area contributed by atoms with Gasteiger partial charge in [-0.25, -0.2) is 9.07 Å². The largest absolute Gasteiger partial charge is 0.310 e. The van der Waals surface area contributed by atoms with Crippen LogP contribution in [0.4, 0.5) is 10.2 Å². The number of hydrogen-bond donors (Lipinski definition) is 1. The number of benzene rings is 1. The van der Waals surface area contributed by atoms with E-state index in [2.05, 4.69) is 17.3 Å². The lowest BCUT2D eigenvalue weighted by atomic mass is 10.1. The van der Waals surface area contributed by atoms with Gasteiger partial charge in [0.15, 0.2) is 5.78 Å². The monoisotopic (exact) mass is 361 g/mol. The SMILES string of the molecule is CC(=O)c1ccc(SCC(=O)Nc2ccnn2C(C)C2CC2)c(F)c1. The van der Waals surface area contributed by atoms with E-state index in [0.717, 1.165) is 11.8 Å². The summed E-state index contributed by atoms with van der Waals surface area (Å²) in [5.74, 6) is 0.476. The second kappa shape index (κ2) is 7.39. The molecular weight excluding hydrogens is 341 g/mol. The number of aromatic nitrogens is 2. The molecule has 0 aliphatic heterocycles. The van der Waals surface area contributed by atoms with E-state index >= 15 is 0 Å². The molecule has 1 amide bonds. The van der Waals surface area contributed by atoms with Gasteiger partial charge in [0.25, 0.3) is 0 Å². The fraction of sp³-hybridized carbons (Fsp3) is 0.389. The Balaban J connectivity index is 1.58. The van der Waals surface area contributed by atoms with Gasteiger partial charge in [-0.05, 0) is 44.7 Å². The number of anilines is 1. The molecule has 1 aromatic carbocycles. The van der Waals surface area contributed by atoms with Crippen molar-refractivity contribution in [2.45, 2.75) is 37.6 Å². The molecule has 3 rings (SSSR count). The molecule has 1 fully saturated rings. The predicted molar refractivity (Wildman–Crippen MR) is 95.4 cm³/mol. The van der Waals surface area contributed by atoms with Gasteiger partial charge >= 0.3 is 0 Å². The molecule has 1 N–H and O–H groups in total. The van der Waals surface area contributed by atoms with Crippen LogP contribution in [0.15, 0.2) is 35.4 Å². The third-order valence-electron chi connectivity index (χ3n) is 4.32. The summed E-state index contributed by atoms with van der Waals surface area (Å²) >= 11 is 1.10. The first-order valence-electron chi connectivity index (χ1n) is 8.22. The quantitative estimate of drug-likeness (QED) is 0.599. The van der Waals surface area contributed by atoms with Gasteiger partial charge in [-0.3, -0.25) is 9.59 Å². The minimum absolute atomic E-state index is 0.0827. The van der Waals surface area contributed by atoms with Gasteiger partial charge < -0.3 is 5.32 Å². The van der Waals surface area contributed by atoms with Crippen molar-refractivity contribution in [2.24, 2.45) is 5.92 Å². The highest BCUT2D eigenvalue weighted by atomic mass is 32.2. The van der Waals surface area contributed by atoms with Gasteiger partial charge in [0.05, 0.1) is 18.0 Å². The third-order valence-corrected chi connectivity index (χ3v) is 5.37. The Labute approximate surface area is 150 Å². The molecule has 0 saturated heterocycles. The number of halogens is 1. The minimum atomic E-state index is -0.488. The average Bonchev–Trinajstić information content (AvgIpc) is 3.33. The summed E-state index contributed by atoms with van der Waals surface area (Å²) in [6.45, 7) is 3.49. The maximum Gasteiger partial charge on any atom is 0.235 e. The van der Waals surface area contributed by atoms with Crippen LogP contribution >= 0.6 is 11.8 Å². The van der Waals surface area contributed by atoms with Crippen LogP contribution < -0.4 is 5.32 Å². The van der Waals surface area contributed by atoms with E-state index in [-0.39, 0.29) is 23.5 Å². The summed E-state index contributed by atoms with van der Waals surface area (Å²) in [5, 5.41) is 7.13. The van der Waals surface area contributed by atoms with Crippen LogP contribution in [0.2, 0.25) is 0 Å². The van der Waals surface area contributed by atoms with Gasteiger partial charge in [0.2, 0.25) is 5.91 Å². The van der Waals surface area contributed by atoms with Crippen LogP contribution in [-0.2, 0) is 4.79 Å². The molecule has 1 aromatic heterocycles. The number of hydrogen-bond acceptors (Lipinski definition) is 4. The van der Waals surface area contributed by atoms with Crippen molar-refractivity contribution in [2.75, 3.05) is 11.1 Å². The zero-order chi connectivity index (χ0) is 18.0. The summed E-state index contributed by atoms with van der Waals surface area (Å²) in [5.41, 5.74) is 0.323. The van der Waals surface area contributed by atoms with E-state index in [0.29, 0.717) is 22.2 Å². The molecule has 1 saturated carbocycles. The van der Waals surface area contributed by atoms with Crippen molar-refractivity contribution < 1.29 is 14.0 Å². The summed E-state index contributed by atoms with van der Waals surface area (Å²) in [6, 6.07) is 6.33. The van der Waals surface area contributed by atoms with E-state index in [1.165, 1.54) is 31.9 Å². The molecule has 7 heteroatoms. The first-order valence-corrected chi connectivity index (χ1v) is 9.21. The number of thioether (sulfide) groups is 1. The first kappa shape index (κ1) is 17.7. The highest BCUT2D eigenvalue weighted by Gasteiger charge is 2.30. The molecule has 5 nitrogen and oxygen atoms in total. The predicted octanol–water partition coefficient (Wildman–Crippen LogP) is 3.93. The van der Waals surface area contributed by atoms with Crippen molar-refractivity contribution in [1.29, 1.82) is 0 Å². The number of rotatable bonds is 7. The maximum atomic E-state index is 14.0. The number of nitrogens with zero attached hydrogens (tertiary/aromatic N) is 2. The first-order chi connectivity index (χ1) is 12.0. The molecule has 132 valence electrons. The van der Waals surface area contributed by atoms with Gasteiger partial charge in [0, 0.05) is 16.5 Å². The zero-order valence-electron chi connectivity index (χ0n) is 14.2. The van der Waals surface area contributed by atoms with Crippen LogP contribution in [-0.4, -0.2) is 27.2 Å². The Hall–Kier alpha value is -2.15. The Morgan fingerprint density at radius 2 is 2.16 bits per heavy atom. The number of ketones is 1. The van der Waals surface area contributed by atoms with Crippen molar-refractivity contribution in [3.05, 3.63) is 41.8 Å². The third kappa shape index (κ3) is 4.28. The van der Waals surface area contributed by atoms with Crippen molar-refractivity contribution in [1.82, 2.24) is 9.78 Å². The lowest BCUT2D eigenvalue weighted by molar-refractivity contribution is -0.113. The fourth-order valence-corrected chi connectivity index (χ4v) is 3.40. The summed E-state index contributed by atoms with van der Waals surface area (Å²) in [6.07, 6.45) is 4.06. The number of carbonyl (C=O) groups is 2. The van der Waals surface area contributed by atoms with Crippen LogP contribution in [0, 0.1) is 11.7 Å². The number of amides is 1. The standard InChI is InChI=1S/C18H20FN3O2S/c1-11(13-3-4-13)22-17(7-8-20-22)21-18(24)10-25-16-6-5-14(12(2)23)9-15(16)19/h5-9,11,13H,3-4,10H2,1-2H3,(H,21,24). The highest BCUT2D eigenvalue weighted by molar-refractivity contribution is 8.00. The molecule has 1 aliphatic carbocycles. The second-order valence-electron chi connectivity index (χ2n) is 6.28. The topological polar surface area (TPSA) is 64.0 Å². The van der Waals surface area contributed by atoms with Crippen molar-refractivity contribution >= 4 is 29.3 Å². The molecule has 1 atom stereocenters. The van der Waals surface area contributed by atoms with E-state index in [4.69, 9.17) is 0 Å². The molecule has 0 bridgehead atoms. The lowest BCUT2D eigenvalue weighted by Crippen LogP contribution is -2.19. The van der Waals surface area contributed by atoms with Crippen LogP contribution in [0.1, 0.15) is 43.1 Å². The second-order valence-corrected chi connectivity index (χ2v) is 7.29.